The van der Waals surface area contributed by atoms with Gasteiger partial charge in [0.1, 0.15) is 0 Å². The summed E-state index contributed by atoms with van der Waals surface area (Å²) in [5.74, 6) is 1.70. The normalized spacial score (nSPS) is 39.0. The SMILES string of the molecule is CCC[C@@H]1CC[C@H](C)[C@@H](N)C1. The molecule has 0 radical (unpaired) electrons. The fourth-order valence-electron chi connectivity index (χ4n) is 2.12. The molecule has 1 aliphatic carbocycles. The third-order valence-electron chi connectivity index (χ3n) is 3.06. The lowest BCUT2D eigenvalue weighted by atomic mass is 9.78. The summed E-state index contributed by atoms with van der Waals surface area (Å²) < 4.78 is 0. The molecule has 11 heavy (non-hydrogen) atoms. The highest BCUT2D eigenvalue weighted by Gasteiger charge is 2.23. The summed E-state index contributed by atoms with van der Waals surface area (Å²) in [6.07, 6.45) is 6.76. The predicted molar refractivity (Wildman–Crippen MR) is 49.4 cm³/mol. The summed E-state index contributed by atoms with van der Waals surface area (Å²) in [7, 11) is 0. The smallest absolute Gasteiger partial charge is 0.00671 e. The van der Waals surface area contributed by atoms with Gasteiger partial charge in [-0.3, -0.25) is 0 Å². The molecule has 0 aliphatic heterocycles. The molecule has 0 aromatic rings. The molecule has 0 bridgehead atoms. The van der Waals surface area contributed by atoms with Crippen LogP contribution in [0.2, 0.25) is 0 Å². The first kappa shape index (κ1) is 9.05. The lowest BCUT2D eigenvalue weighted by Gasteiger charge is -2.31. The average Bonchev–Trinajstić information content (AvgIpc) is 1.98. The minimum Gasteiger partial charge on any atom is -0.327 e. The second-order valence-corrected chi connectivity index (χ2v) is 4.11. The Labute approximate surface area is 70.4 Å². The van der Waals surface area contributed by atoms with Gasteiger partial charge in [0.25, 0.3) is 0 Å². The molecule has 2 N–H and O–H groups in total. The maximum atomic E-state index is 6.00. The maximum Gasteiger partial charge on any atom is 0.00671 e. The second-order valence-electron chi connectivity index (χ2n) is 4.11. The van der Waals surface area contributed by atoms with Gasteiger partial charge in [-0.05, 0) is 24.7 Å². The molecule has 1 fully saturated rings. The Morgan fingerprint density at radius 3 is 2.64 bits per heavy atom. The maximum absolute atomic E-state index is 6.00. The summed E-state index contributed by atoms with van der Waals surface area (Å²) in [6.45, 7) is 4.55. The molecule has 3 atom stereocenters. The molecule has 0 aromatic heterocycles. The van der Waals surface area contributed by atoms with E-state index in [1.54, 1.807) is 0 Å². The van der Waals surface area contributed by atoms with Crippen molar-refractivity contribution in [2.75, 3.05) is 0 Å². The van der Waals surface area contributed by atoms with Crippen molar-refractivity contribution in [1.82, 2.24) is 0 Å². The van der Waals surface area contributed by atoms with Gasteiger partial charge < -0.3 is 5.73 Å². The molecule has 0 saturated heterocycles. The molecule has 1 nitrogen and oxygen atoms in total. The van der Waals surface area contributed by atoms with Crippen LogP contribution < -0.4 is 5.73 Å². The molecule has 66 valence electrons. The van der Waals surface area contributed by atoms with Gasteiger partial charge in [0.05, 0.1) is 0 Å². The van der Waals surface area contributed by atoms with E-state index in [-0.39, 0.29) is 0 Å². The van der Waals surface area contributed by atoms with Crippen LogP contribution in [0.4, 0.5) is 0 Å². The van der Waals surface area contributed by atoms with Crippen molar-refractivity contribution < 1.29 is 0 Å². The van der Waals surface area contributed by atoms with Gasteiger partial charge in [0, 0.05) is 6.04 Å². The first-order chi connectivity index (χ1) is 5.24. The predicted octanol–water partition coefficient (Wildman–Crippen LogP) is 2.55. The lowest BCUT2D eigenvalue weighted by Crippen LogP contribution is -2.34. The summed E-state index contributed by atoms with van der Waals surface area (Å²) in [5, 5.41) is 0. The van der Waals surface area contributed by atoms with E-state index in [9.17, 15) is 0 Å². The van der Waals surface area contributed by atoms with Gasteiger partial charge in [-0.2, -0.15) is 0 Å². The zero-order valence-electron chi connectivity index (χ0n) is 7.84. The first-order valence-corrected chi connectivity index (χ1v) is 4.99. The number of hydrogen-bond acceptors (Lipinski definition) is 1. The number of hydrogen-bond donors (Lipinski definition) is 1. The minimum atomic E-state index is 0.486. The van der Waals surface area contributed by atoms with Crippen molar-refractivity contribution in [2.24, 2.45) is 17.6 Å². The van der Waals surface area contributed by atoms with Crippen LogP contribution in [0.25, 0.3) is 0 Å². The van der Waals surface area contributed by atoms with E-state index < -0.39 is 0 Å². The van der Waals surface area contributed by atoms with E-state index >= 15 is 0 Å². The topological polar surface area (TPSA) is 26.0 Å². The average molecular weight is 155 g/mol. The lowest BCUT2D eigenvalue weighted by molar-refractivity contribution is 0.241. The summed E-state index contributed by atoms with van der Waals surface area (Å²) >= 11 is 0. The van der Waals surface area contributed by atoms with E-state index in [4.69, 9.17) is 5.73 Å². The van der Waals surface area contributed by atoms with Crippen molar-refractivity contribution >= 4 is 0 Å². The van der Waals surface area contributed by atoms with Crippen LogP contribution in [-0.4, -0.2) is 6.04 Å². The Morgan fingerprint density at radius 1 is 1.36 bits per heavy atom. The Morgan fingerprint density at radius 2 is 2.09 bits per heavy atom. The molecule has 0 spiro atoms. The van der Waals surface area contributed by atoms with Crippen molar-refractivity contribution in [3.8, 4) is 0 Å². The molecule has 0 amide bonds. The van der Waals surface area contributed by atoms with E-state index in [0.29, 0.717) is 6.04 Å². The van der Waals surface area contributed by atoms with E-state index in [2.05, 4.69) is 13.8 Å². The summed E-state index contributed by atoms with van der Waals surface area (Å²) in [6, 6.07) is 0.486. The highest BCUT2D eigenvalue weighted by atomic mass is 14.7. The Bertz CT molecular complexity index is 111. The van der Waals surface area contributed by atoms with E-state index in [1.807, 2.05) is 0 Å². The third kappa shape index (κ3) is 2.48. The first-order valence-electron chi connectivity index (χ1n) is 4.99. The quantitative estimate of drug-likeness (QED) is 0.651. The van der Waals surface area contributed by atoms with Crippen LogP contribution in [-0.2, 0) is 0 Å². The van der Waals surface area contributed by atoms with Crippen LogP contribution in [0.15, 0.2) is 0 Å². The van der Waals surface area contributed by atoms with Gasteiger partial charge in [-0.25, -0.2) is 0 Å². The largest absolute Gasteiger partial charge is 0.327 e. The highest BCUT2D eigenvalue weighted by Crippen LogP contribution is 2.30. The molecule has 1 saturated carbocycles. The number of rotatable bonds is 2. The van der Waals surface area contributed by atoms with Gasteiger partial charge in [0.2, 0.25) is 0 Å². The highest BCUT2D eigenvalue weighted by molar-refractivity contribution is 4.79. The third-order valence-corrected chi connectivity index (χ3v) is 3.06. The molecule has 1 aliphatic rings. The fraction of sp³-hybridized carbons (Fsp3) is 1.00. The van der Waals surface area contributed by atoms with Crippen molar-refractivity contribution in [1.29, 1.82) is 0 Å². The van der Waals surface area contributed by atoms with Crippen LogP contribution >= 0.6 is 0 Å². The summed E-state index contributed by atoms with van der Waals surface area (Å²) in [4.78, 5) is 0. The van der Waals surface area contributed by atoms with Crippen molar-refractivity contribution in [2.45, 2.75) is 52.0 Å². The second kappa shape index (κ2) is 4.10. The Hall–Kier alpha value is -0.0400. The molecule has 0 aromatic carbocycles. The van der Waals surface area contributed by atoms with E-state index in [1.165, 1.54) is 32.1 Å². The Balaban J connectivity index is 2.28. The van der Waals surface area contributed by atoms with Crippen LogP contribution in [0.5, 0.6) is 0 Å². The van der Waals surface area contributed by atoms with Crippen LogP contribution in [0, 0.1) is 11.8 Å². The van der Waals surface area contributed by atoms with Crippen LogP contribution in [0.1, 0.15) is 46.0 Å². The van der Waals surface area contributed by atoms with Crippen molar-refractivity contribution in [3.63, 3.8) is 0 Å². The zero-order chi connectivity index (χ0) is 8.27. The van der Waals surface area contributed by atoms with Gasteiger partial charge in [0.15, 0.2) is 0 Å². The number of nitrogens with two attached hydrogens (primary N) is 1. The van der Waals surface area contributed by atoms with Gasteiger partial charge in [-0.15, -0.1) is 0 Å². The van der Waals surface area contributed by atoms with Gasteiger partial charge in [-0.1, -0.05) is 33.1 Å². The van der Waals surface area contributed by atoms with Crippen LogP contribution in [0.3, 0.4) is 0 Å². The Kier molecular flexibility index (Phi) is 3.38. The molecular formula is C10H21N. The van der Waals surface area contributed by atoms with Gasteiger partial charge >= 0.3 is 0 Å². The summed E-state index contributed by atoms with van der Waals surface area (Å²) in [5.41, 5.74) is 6.00. The molecule has 1 heteroatoms. The molecule has 1 rings (SSSR count). The molecular weight excluding hydrogens is 134 g/mol. The minimum absolute atomic E-state index is 0.486. The monoisotopic (exact) mass is 155 g/mol. The zero-order valence-corrected chi connectivity index (χ0v) is 7.84. The molecule has 0 unspecified atom stereocenters. The fourth-order valence-corrected chi connectivity index (χ4v) is 2.12. The van der Waals surface area contributed by atoms with E-state index in [0.717, 1.165) is 11.8 Å². The van der Waals surface area contributed by atoms with Crippen molar-refractivity contribution in [3.05, 3.63) is 0 Å². The molecule has 0 heterocycles. The standard InChI is InChI=1S/C10H21N/c1-3-4-9-6-5-8(2)10(11)7-9/h8-10H,3-7,11H2,1-2H3/t8-,9+,10-/m0/s1.